The molecule has 0 aliphatic carbocycles. The maximum absolute atomic E-state index is 12.4. The second-order valence-corrected chi connectivity index (χ2v) is 6.49. The van der Waals surface area contributed by atoms with E-state index >= 15 is 0 Å². The van der Waals surface area contributed by atoms with Gasteiger partial charge in [-0.2, -0.15) is 0 Å². The van der Waals surface area contributed by atoms with E-state index < -0.39 is 0 Å². The molecule has 140 valence electrons. The fraction of sp³-hybridized carbons (Fsp3) is 0.130. The molecular weight excluding hydrogens is 350 g/mol. The number of ether oxygens (including phenoxy) is 1. The summed E-state index contributed by atoms with van der Waals surface area (Å²) in [6, 6.07) is 23.2. The molecule has 5 nitrogen and oxygen atoms in total. The summed E-state index contributed by atoms with van der Waals surface area (Å²) in [7, 11) is 0. The summed E-state index contributed by atoms with van der Waals surface area (Å²) in [6.45, 7) is 2.03. The van der Waals surface area contributed by atoms with Crippen LogP contribution in [0.2, 0.25) is 0 Å². The highest BCUT2D eigenvalue weighted by molar-refractivity contribution is 5.96. The van der Waals surface area contributed by atoms with E-state index in [1.807, 2.05) is 72.8 Å². The molecular formula is C23H21N3O2. The van der Waals surface area contributed by atoms with E-state index in [1.54, 1.807) is 0 Å². The lowest BCUT2D eigenvalue weighted by Crippen LogP contribution is -2.20. The first-order chi connectivity index (χ1) is 13.7. The molecule has 4 aromatic rings. The lowest BCUT2D eigenvalue weighted by Gasteiger charge is -2.11. The number of anilines is 1. The maximum atomic E-state index is 12.4. The third-order valence-electron chi connectivity index (χ3n) is 4.52. The molecule has 1 amide bonds. The molecule has 0 aliphatic heterocycles. The molecule has 0 spiro atoms. The number of H-pyrrole nitrogens is 1. The van der Waals surface area contributed by atoms with Gasteiger partial charge < -0.3 is 15.0 Å². The number of amides is 1. The van der Waals surface area contributed by atoms with Crippen molar-refractivity contribution in [3.05, 3.63) is 78.4 Å². The van der Waals surface area contributed by atoms with Crippen LogP contribution in [0.15, 0.2) is 72.8 Å². The SMILES string of the molecule is CCc1cccc(OCC(=O)Nc2ccccc2-c2nc3ccccc3[nH]2)c1. The molecule has 3 aromatic carbocycles. The molecule has 2 N–H and O–H groups in total. The van der Waals surface area contributed by atoms with Crippen LogP contribution >= 0.6 is 0 Å². The van der Waals surface area contributed by atoms with Crippen molar-refractivity contribution in [3.8, 4) is 17.1 Å². The van der Waals surface area contributed by atoms with Crippen LogP contribution in [0.3, 0.4) is 0 Å². The van der Waals surface area contributed by atoms with Crippen LogP contribution in [0, 0.1) is 0 Å². The quantitative estimate of drug-likeness (QED) is 0.511. The van der Waals surface area contributed by atoms with Crippen molar-refractivity contribution in [2.24, 2.45) is 0 Å². The number of imidazole rings is 1. The molecule has 1 aromatic heterocycles. The number of aryl methyl sites for hydroxylation is 1. The Bertz CT molecular complexity index is 1080. The molecule has 0 radical (unpaired) electrons. The van der Waals surface area contributed by atoms with E-state index in [2.05, 4.69) is 22.2 Å². The van der Waals surface area contributed by atoms with Crippen molar-refractivity contribution in [1.29, 1.82) is 0 Å². The summed E-state index contributed by atoms with van der Waals surface area (Å²) < 4.78 is 5.64. The zero-order valence-electron chi connectivity index (χ0n) is 15.6. The number of hydrogen-bond donors (Lipinski definition) is 2. The van der Waals surface area contributed by atoms with Crippen molar-refractivity contribution in [2.75, 3.05) is 11.9 Å². The molecule has 0 aliphatic rings. The lowest BCUT2D eigenvalue weighted by molar-refractivity contribution is -0.118. The molecule has 5 heteroatoms. The first kappa shape index (κ1) is 17.8. The number of rotatable bonds is 6. The van der Waals surface area contributed by atoms with E-state index in [-0.39, 0.29) is 12.5 Å². The first-order valence-corrected chi connectivity index (χ1v) is 9.28. The lowest BCUT2D eigenvalue weighted by atomic mass is 10.1. The predicted octanol–water partition coefficient (Wildman–Crippen LogP) is 4.81. The minimum atomic E-state index is -0.217. The van der Waals surface area contributed by atoms with Crippen molar-refractivity contribution >= 4 is 22.6 Å². The van der Waals surface area contributed by atoms with Gasteiger partial charge in [0.05, 0.1) is 16.7 Å². The molecule has 0 atom stereocenters. The van der Waals surface area contributed by atoms with Gasteiger partial charge in [0, 0.05) is 5.56 Å². The summed E-state index contributed by atoms with van der Waals surface area (Å²) in [5.74, 6) is 1.19. The Hall–Kier alpha value is -3.60. The predicted molar refractivity (Wildman–Crippen MR) is 111 cm³/mol. The summed E-state index contributed by atoms with van der Waals surface area (Å²) in [4.78, 5) is 20.4. The third kappa shape index (κ3) is 3.88. The van der Waals surface area contributed by atoms with Gasteiger partial charge in [-0.25, -0.2) is 4.98 Å². The zero-order valence-corrected chi connectivity index (χ0v) is 15.6. The number of nitrogens with one attached hydrogen (secondary N) is 2. The topological polar surface area (TPSA) is 67.0 Å². The standard InChI is InChI=1S/C23H21N3O2/c1-2-16-8-7-9-17(14-16)28-15-22(27)24-19-11-4-3-10-18(19)23-25-20-12-5-6-13-21(20)26-23/h3-14H,2,15H2,1H3,(H,24,27)(H,25,26). The molecule has 0 bridgehead atoms. The summed E-state index contributed by atoms with van der Waals surface area (Å²) in [5, 5.41) is 2.93. The van der Waals surface area contributed by atoms with Crippen molar-refractivity contribution in [3.63, 3.8) is 0 Å². The Labute approximate surface area is 163 Å². The number of aromatic amines is 1. The van der Waals surface area contributed by atoms with Crippen LogP contribution in [0.25, 0.3) is 22.4 Å². The van der Waals surface area contributed by atoms with Crippen LogP contribution in [-0.2, 0) is 11.2 Å². The summed E-state index contributed by atoms with van der Waals surface area (Å²) >= 11 is 0. The van der Waals surface area contributed by atoms with Crippen molar-refractivity contribution < 1.29 is 9.53 Å². The van der Waals surface area contributed by atoms with E-state index in [9.17, 15) is 4.79 Å². The second-order valence-electron chi connectivity index (χ2n) is 6.49. The Kier molecular flexibility index (Phi) is 5.06. The minimum Gasteiger partial charge on any atom is -0.484 e. The van der Waals surface area contributed by atoms with E-state index in [1.165, 1.54) is 5.56 Å². The fourth-order valence-corrected chi connectivity index (χ4v) is 3.07. The highest BCUT2D eigenvalue weighted by atomic mass is 16.5. The molecule has 0 fully saturated rings. The Morgan fingerprint density at radius 3 is 2.71 bits per heavy atom. The molecule has 28 heavy (non-hydrogen) atoms. The van der Waals surface area contributed by atoms with E-state index in [0.717, 1.165) is 23.0 Å². The number of aromatic nitrogens is 2. The van der Waals surface area contributed by atoms with Crippen LogP contribution in [0.5, 0.6) is 5.75 Å². The van der Waals surface area contributed by atoms with Gasteiger partial charge >= 0.3 is 0 Å². The normalized spacial score (nSPS) is 10.8. The van der Waals surface area contributed by atoms with Gasteiger partial charge in [0.25, 0.3) is 5.91 Å². The smallest absolute Gasteiger partial charge is 0.262 e. The van der Waals surface area contributed by atoms with Crippen LogP contribution < -0.4 is 10.1 Å². The van der Waals surface area contributed by atoms with Gasteiger partial charge in [0.15, 0.2) is 6.61 Å². The van der Waals surface area contributed by atoms with Gasteiger partial charge in [-0.15, -0.1) is 0 Å². The van der Waals surface area contributed by atoms with Crippen LogP contribution in [0.4, 0.5) is 5.69 Å². The summed E-state index contributed by atoms with van der Waals surface area (Å²) in [6.07, 6.45) is 0.925. The zero-order chi connectivity index (χ0) is 19.3. The fourth-order valence-electron chi connectivity index (χ4n) is 3.07. The number of carbonyl (C=O) groups is 1. The summed E-state index contributed by atoms with van der Waals surface area (Å²) in [5.41, 5.74) is 4.54. The second kappa shape index (κ2) is 7.96. The Morgan fingerprint density at radius 2 is 1.86 bits per heavy atom. The average molecular weight is 371 g/mol. The maximum Gasteiger partial charge on any atom is 0.262 e. The minimum absolute atomic E-state index is 0.0539. The van der Waals surface area contributed by atoms with Gasteiger partial charge in [0.1, 0.15) is 11.6 Å². The van der Waals surface area contributed by atoms with E-state index in [0.29, 0.717) is 17.3 Å². The molecule has 1 heterocycles. The number of carbonyl (C=O) groups excluding carboxylic acids is 1. The van der Waals surface area contributed by atoms with Crippen LogP contribution in [-0.4, -0.2) is 22.5 Å². The molecule has 0 unspecified atom stereocenters. The monoisotopic (exact) mass is 371 g/mol. The van der Waals surface area contributed by atoms with Gasteiger partial charge in [-0.05, 0) is 48.4 Å². The molecule has 0 saturated carbocycles. The number of nitrogens with zero attached hydrogens (tertiary/aromatic N) is 1. The molecule has 0 saturated heterocycles. The van der Waals surface area contributed by atoms with Crippen LogP contribution in [0.1, 0.15) is 12.5 Å². The number of benzene rings is 3. The average Bonchev–Trinajstić information content (AvgIpc) is 3.17. The highest BCUT2D eigenvalue weighted by Crippen LogP contribution is 2.27. The first-order valence-electron chi connectivity index (χ1n) is 9.28. The third-order valence-corrected chi connectivity index (χ3v) is 4.52. The van der Waals surface area contributed by atoms with Gasteiger partial charge in [-0.1, -0.05) is 43.3 Å². The van der Waals surface area contributed by atoms with Gasteiger partial charge in [-0.3, -0.25) is 4.79 Å². The molecule has 4 rings (SSSR count). The number of hydrogen-bond acceptors (Lipinski definition) is 3. The van der Waals surface area contributed by atoms with Crippen molar-refractivity contribution in [1.82, 2.24) is 9.97 Å². The highest BCUT2D eigenvalue weighted by Gasteiger charge is 2.12. The van der Waals surface area contributed by atoms with Crippen molar-refractivity contribution in [2.45, 2.75) is 13.3 Å². The Morgan fingerprint density at radius 1 is 1.04 bits per heavy atom. The Balaban J connectivity index is 1.49. The number of fused-ring (bicyclic) bond motifs is 1. The largest absolute Gasteiger partial charge is 0.484 e. The number of para-hydroxylation sites is 3. The van der Waals surface area contributed by atoms with E-state index in [4.69, 9.17) is 4.74 Å². The van der Waals surface area contributed by atoms with Gasteiger partial charge in [0.2, 0.25) is 0 Å².